The molecular weight excluding hydrogens is 224 g/mol. The normalized spacial score (nSPS) is 29.4. The van der Waals surface area contributed by atoms with Gasteiger partial charge in [0.25, 0.3) is 0 Å². The number of aromatic nitrogens is 1. The topological polar surface area (TPSA) is 45.6 Å². The Kier molecular flexibility index (Phi) is 2.83. The minimum atomic E-state index is 0.0934. The Balaban J connectivity index is 1.82. The van der Waals surface area contributed by atoms with Crippen molar-refractivity contribution in [2.24, 2.45) is 0 Å². The van der Waals surface area contributed by atoms with Crippen LogP contribution in [-0.2, 0) is 11.3 Å². The van der Waals surface area contributed by atoms with Gasteiger partial charge in [-0.2, -0.15) is 0 Å². The van der Waals surface area contributed by atoms with Gasteiger partial charge in [-0.25, -0.2) is 4.98 Å². The Morgan fingerprint density at radius 2 is 2.50 bits per heavy atom. The third-order valence-electron chi connectivity index (χ3n) is 3.43. The van der Waals surface area contributed by atoms with Crippen molar-refractivity contribution in [3.05, 3.63) is 11.1 Å². The lowest BCUT2D eigenvalue weighted by molar-refractivity contribution is 0.0256. The minimum absolute atomic E-state index is 0.0934. The molecule has 1 aromatic heterocycles. The summed E-state index contributed by atoms with van der Waals surface area (Å²) in [5.74, 6) is 0. The molecule has 4 nitrogen and oxygen atoms in total. The van der Waals surface area contributed by atoms with Crippen LogP contribution in [0.1, 0.15) is 24.1 Å². The van der Waals surface area contributed by atoms with Crippen LogP contribution in [0, 0.1) is 0 Å². The predicted molar refractivity (Wildman–Crippen MR) is 62.8 cm³/mol. The number of rotatable bonds is 2. The van der Waals surface area contributed by atoms with Gasteiger partial charge in [-0.1, -0.05) is 11.3 Å². The monoisotopic (exact) mass is 240 g/mol. The van der Waals surface area contributed by atoms with Crippen LogP contribution < -0.4 is 4.90 Å². The Morgan fingerprint density at radius 1 is 1.56 bits per heavy atom. The fraction of sp³-hybridized carbons (Fsp3) is 0.727. The molecule has 1 N–H and O–H groups in total. The van der Waals surface area contributed by atoms with Crippen molar-refractivity contribution in [1.29, 1.82) is 0 Å². The van der Waals surface area contributed by atoms with Crippen LogP contribution in [-0.4, -0.2) is 35.4 Å². The first-order chi connectivity index (χ1) is 7.88. The summed E-state index contributed by atoms with van der Waals surface area (Å²) in [4.78, 5) is 7.71. The molecule has 5 heteroatoms. The van der Waals surface area contributed by atoms with E-state index in [1.54, 1.807) is 17.5 Å². The summed E-state index contributed by atoms with van der Waals surface area (Å²) in [6.45, 7) is 1.82. The van der Waals surface area contributed by atoms with Crippen molar-refractivity contribution in [2.75, 3.05) is 18.1 Å². The summed E-state index contributed by atoms with van der Waals surface area (Å²) in [7, 11) is 0. The highest BCUT2D eigenvalue weighted by Crippen LogP contribution is 2.34. The van der Waals surface area contributed by atoms with E-state index in [9.17, 15) is 0 Å². The second-order valence-corrected chi connectivity index (χ2v) is 5.46. The van der Waals surface area contributed by atoms with Crippen molar-refractivity contribution >= 4 is 16.5 Å². The summed E-state index contributed by atoms with van der Waals surface area (Å²) >= 11 is 1.60. The van der Waals surface area contributed by atoms with Gasteiger partial charge >= 0.3 is 0 Å². The van der Waals surface area contributed by atoms with E-state index in [0.717, 1.165) is 23.2 Å². The number of fused-ring (bicyclic) bond motifs is 1. The lowest BCUT2D eigenvalue weighted by Gasteiger charge is -2.37. The standard InChI is InChI=1S/C11H16N2O2S/c14-7-8-6-12-11(16-8)13-4-5-15-10-3-1-2-9(10)13/h6,9-10,14H,1-5,7H2. The van der Waals surface area contributed by atoms with Crippen molar-refractivity contribution in [2.45, 2.75) is 38.0 Å². The zero-order valence-electron chi connectivity index (χ0n) is 9.13. The van der Waals surface area contributed by atoms with E-state index < -0.39 is 0 Å². The molecule has 0 amide bonds. The average molecular weight is 240 g/mol. The van der Waals surface area contributed by atoms with Gasteiger partial charge in [-0.3, -0.25) is 0 Å². The molecule has 1 saturated heterocycles. The van der Waals surface area contributed by atoms with Crippen LogP contribution >= 0.6 is 11.3 Å². The first kappa shape index (κ1) is 10.5. The van der Waals surface area contributed by atoms with E-state index in [0.29, 0.717) is 12.1 Å². The number of aliphatic hydroxyl groups is 1. The zero-order chi connectivity index (χ0) is 11.0. The van der Waals surface area contributed by atoms with Crippen molar-refractivity contribution in [1.82, 2.24) is 4.98 Å². The molecule has 1 aliphatic heterocycles. The van der Waals surface area contributed by atoms with E-state index >= 15 is 0 Å². The largest absolute Gasteiger partial charge is 0.391 e. The molecule has 0 radical (unpaired) electrons. The molecule has 2 atom stereocenters. The summed E-state index contributed by atoms with van der Waals surface area (Å²) < 4.78 is 5.77. The summed E-state index contributed by atoms with van der Waals surface area (Å²) in [6.07, 6.45) is 5.82. The Labute approximate surface area is 98.9 Å². The average Bonchev–Trinajstić information content (AvgIpc) is 2.97. The molecule has 88 valence electrons. The quantitative estimate of drug-likeness (QED) is 0.848. The SMILES string of the molecule is OCc1cnc(N2CCOC3CCCC32)s1. The minimum Gasteiger partial charge on any atom is -0.391 e. The molecule has 2 aliphatic rings. The number of nitrogens with zero attached hydrogens (tertiary/aromatic N) is 2. The summed E-state index contributed by atoms with van der Waals surface area (Å²) in [6, 6.07) is 0.506. The Bertz CT molecular complexity index is 369. The maximum atomic E-state index is 9.06. The second kappa shape index (κ2) is 4.31. The maximum absolute atomic E-state index is 9.06. The van der Waals surface area contributed by atoms with Crippen LogP contribution in [0.5, 0.6) is 0 Å². The molecule has 2 fully saturated rings. The Hall–Kier alpha value is -0.650. The fourth-order valence-electron chi connectivity index (χ4n) is 2.67. The molecule has 1 saturated carbocycles. The van der Waals surface area contributed by atoms with Gasteiger partial charge in [0.1, 0.15) is 0 Å². The van der Waals surface area contributed by atoms with Crippen molar-refractivity contribution < 1.29 is 9.84 Å². The number of aliphatic hydroxyl groups excluding tert-OH is 1. The van der Waals surface area contributed by atoms with Gasteiger partial charge in [-0.15, -0.1) is 0 Å². The number of ether oxygens (including phenoxy) is 1. The van der Waals surface area contributed by atoms with Crippen LogP contribution in [0.2, 0.25) is 0 Å². The van der Waals surface area contributed by atoms with E-state index in [-0.39, 0.29) is 6.61 Å². The molecule has 2 unspecified atom stereocenters. The van der Waals surface area contributed by atoms with Gasteiger partial charge < -0.3 is 14.7 Å². The number of anilines is 1. The van der Waals surface area contributed by atoms with Crippen LogP contribution in [0.3, 0.4) is 0 Å². The molecule has 0 bridgehead atoms. The van der Waals surface area contributed by atoms with Crippen molar-refractivity contribution in [3.8, 4) is 0 Å². The zero-order valence-corrected chi connectivity index (χ0v) is 9.95. The molecule has 0 spiro atoms. The van der Waals surface area contributed by atoms with Gasteiger partial charge in [0.15, 0.2) is 5.13 Å². The van der Waals surface area contributed by atoms with Gasteiger partial charge in [-0.05, 0) is 19.3 Å². The van der Waals surface area contributed by atoms with E-state index in [1.165, 1.54) is 19.3 Å². The molecule has 1 aromatic rings. The highest BCUT2D eigenvalue weighted by Gasteiger charge is 2.37. The molecule has 0 aromatic carbocycles. The van der Waals surface area contributed by atoms with E-state index in [1.807, 2.05) is 0 Å². The molecular formula is C11H16N2O2S. The number of thiazole rings is 1. The summed E-state index contributed by atoms with van der Waals surface area (Å²) in [5, 5.41) is 10.1. The van der Waals surface area contributed by atoms with Crippen LogP contribution in [0.25, 0.3) is 0 Å². The molecule has 2 heterocycles. The first-order valence-electron chi connectivity index (χ1n) is 5.82. The second-order valence-electron chi connectivity index (χ2n) is 4.37. The predicted octanol–water partition coefficient (Wildman–Crippen LogP) is 1.39. The lowest BCUT2D eigenvalue weighted by atomic mass is 10.1. The fourth-order valence-corrected chi connectivity index (χ4v) is 3.52. The van der Waals surface area contributed by atoms with Crippen LogP contribution in [0.4, 0.5) is 5.13 Å². The Morgan fingerprint density at radius 3 is 3.31 bits per heavy atom. The van der Waals surface area contributed by atoms with E-state index in [2.05, 4.69) is 9.88 Å². The van der Waals surface area contributed by atoms with Crippen molar-refractivity contribution in [3.63, 3.8) is 0 Å². The number of morpholine rings is 1. The highest BCUT2D eigenvalue weighted by molar-refractivity contribution is 7.15. The third-order valence-corrected chi connectivity index (χ3v) is 4.44. The number of hydrogen-bond donors (Lipinski definition) is 1. The lowest BCUT2D eigenvalue weighted by Crippen LogP contribution is -2.48. The van der Waals surface area contributed by atoms with Gasteiger partial charge in [0.2, 0.25) is 0 Å². The molecule has 3 rings (SSSR count). The molecule has 16 heavy (non-hydrogen) atoms. The highest BCUT2D eigenvalue weighted by atomic mass is 32.1. The summed E-state index contributed by atoms with van der Waals surface area (Å²) in [5.41, 5.74) is 0. The maximum Gasteiger partial charge on any atom is 0.186 e. The number of hydrogen-bond acceptors (Lipinski definition) is 5. The smallest absolute Gasteiger partial charge is 0.186 e. The van der Waals surface area contributed by atoms with Gasteiger partial charge in [0.05, 0.1) is 30.2 Å². The van der Waals surface area contributed by atoms with E-state index in [4.69, 9.17) is 9.84 Å². The first-order valence-corrected chi connectivity index (χ1v) is 6.64. The van der Waals surface area contributed by atoms with Gasteiger partial charge in [0, 0.05) is 12.7 Å². The third kappa shape index (κ3) is 1.73. The van der Waals surface area contributed by atoms with Crippen LogP contribution in [0.15, 0.2) is 6.20 Å². The molecule has 1 aliphatic carbocycles.